The highest BCUT2D eigenvalue weighted by Gasteiger charge is 2.27. The van der Waals surface area contributed by atoms with E-state index in [9.17, 15) is 19.1 Å². The highest BCUT2D eigenvalue weighted by atomic mass is 19.1. The topological polar surface area (TPSA) is 88.1 Å². The standard InChI is InChI=1S/C27H33FN2O5/c28-21-10-7-19(8-11-21)23(31)5-1-2-6-26(32)29-22(18-30-13-3-4-14-30)27(33)20-9-12-24-25(17-20)35-16-15-34-24/h7-12,17,22,27,33H,1-6,13-16,18H2,(H,29,32)/t22-,27-/m1/s1. The third-order valence-electron chi connectivity index (χ3n) is 6.51. The number of aliphatic hydroxyl groups excluding tert-OH is 1. The number of halogens is 1. The highest BCUT2D eigenvalue weighted by Crippen LogP contribution is 2.33. The second-order valence-electron chi connectivity index (χ2n) is 9.17. The first kappa shape index (κ1) is 25.1. The van der Waals surface area contributed by atoms with Crippen molar-refractivity contribution >= 4 is 11.7 Å². The van der Waals surface area contributed by atoms with E-state index in [-0.39, 0.29) is 23.9 Å². The van der Waals surface area contributed by atoms with Gasteiger partial charge in [-0.05, 0) is 80.7 Å². The maximum atomic E-state index is 13.0. The zero-order valence-electron chi connectivity index (χ0n) is 19.9. The van der Waals surface area contributed by atoms with E-state index in [1.165, 1.54) is 24.3 Å². The van der Waals surface area contributed by atoms with Crippen molar-refractivity contribution in [3.8, 4) is 11.5 Å². The molecule has 4 rings (SSSR count). The van der Waals surface area contributed by atoms with Gasteiger partial charge in [0, 0.05) is 24.9 Å². The summed E-state index contributed by atoms with van der Waals surface area (Å²) in [6, 6.07) is 10.4. The number of Topliss-reactive ketones (excluding diaryl/α,β-unsaturated/α-hetero) is 1. The lowest BCUT2D eigenvalue weighted by Crippen LogP contribution is -2.46. The smallest absolute Gasteiger partial charge is 0.220 e. The zero-order valence-corrected chi connectivity index (χ0v) is 19.9. The van der Waals surface area contributed by atoms with Gasteiger partial charge in [-0.25, -0.2) is 4.39 Å². The molecule has 2 N–H and O–H groups in total. The summed E-state index contributed by atoms with van der Waals surface area (Å²) in [5.41, 5.74) is 1.15. The molecule has 0 unspecified atom stereocenters. The number of hydrogen-bond donors (Lipinski definition) is 2. The van der Waals surface area contributed by atoms with Crippen LogP contribution < -0.4 is 14.8 Å². The molecule has 2 aliphatic heterocycles. The van der Waals surface area contributed by atoms with E-state index in [1.807, 2.05) is 6.07 Å². The number of ether oxygens (including phenoxy) is 2. The molecule has 0 saturated carbocycles. The van der Waals surface area contributed by atoms with E-state index in [4.69, 9.17) is 9.47 Å². The van der Waals surface area contributed by atoms with Crippen molar-refractivity contribution in [3.05, 3.63) is 59.4 Å². The number of carbonyl (C=O) groups excluding carboxylic acids is 2. The van der Waals surface area contributed by atoms with Gasteiger partial charge in [-0.15, -0.1) is 0 Å². The maximum Gasteiger partial charge on any atom is 0.220 e. The summed E-state index contributed by atoms with van der Waals surface area (Å²) >= 11 is 0. The van der Waals surface area contributed by atoms with Gasteiger partial charge in [0.25, 0.3) is 0 Å². The summed E-state index contributed by atoms with van der Waals surface area (Å²) in [5.74, 6) is 0.666. The number of hydrogen-bond acceptors (Lipinski definition) is 6. The molecule has 1 saturated heterocycles. The molecule has 2 atom stereocenters. The fourth-order valence-corrected chi connectivity index (χ4v) is 4.57. The molecule has 0 radical (unpaired) electrons. The molecule has 0 bridgehead atoms. The Labute approximate surface area is 205 Å². The van der Waals surface area contributed by atoms with Gasteiger partial charge in [0.05, 0.1) is 6.04 Å². The zero-order chi connectivity index (χ0) is 24.6. The van der Waals surface area contributed by atoms with Gasteiger partial charge in [0.1, 0.15) is 25.1 Å². The second kappa shape index (κ2) is 12.1. The van der Waals surface area contributed by atoms with Gasteiger partial charge < -0.3 is 24.8 Å². The molecule has 0 aromatic heterocycles. The Bertz CT molecular complexity index is 1010. The van der Waals surface area contributed by atoms with Crippen LogP contribution in [0.15, 0.2) is 42.5 Å². The van der Waals surface area contributed by atoms with Gasteiger partial charge >= 0.3 is 0 Å². The summed E-state index contributed by atoms with van der Waals surface area (Å²) in [6.07, 6.45) is 3.01. The lowest BCUT2D eigenvalue weighted by Gasteiger charge is -2.29. The fraction of sp³-hybridized carbons (Fsp3) is 0.481. The molecular weight excluding hydrogens is 451 g/mol. The van der Waals surface area contributed by atoms with Crippen molar-refractivity contribution in [2.45, 2.75) is 50.7 Å². The molecular formula is C27H33FN2O5. The van der Waals surface area contributed by atoms with Gasteiger partial charge in [-0.1, -0.05) is 6.07 Å². The second-order valence-corrected chi connectivity index (χ2v) is 9.17. The number of aliphatic hydroxyl groups is 1. The van der Waals surface area contributed by atoms with Crippen molar-refractivity contribution in [1.82, 2.24) is 10.2 Å². The average Bonchev–Trinajstić information content (AvgIpc) is 3.39. The average molecular weight is 485 g/mol. The van der Waals surface area contributed by atoms with Crippen LogP contribution in [0.4, 0.5) is 4.39 Å². The summed E-state index contributed by atoms with van der Waals surface area (Å²) in [6.45, 7) is 3.42. The first-order chi connectivity index (χ1) is 17.0. The summed E-state index contributed by atoms with van der Waals surface area (Å²) < 4.78 is 24.3. The van der Waals surface area contributed by atoms with Crippen LogP contribution in [0.5, 0.6) is 11.5 Å². The Morgan fingerprint density at radius 2 is 1.66 bits per heavy atom. The number of carbonyl (C=O) groups is 2. The van der Waals surface area contributed by atoms with Crippen molar-refractivity contribution in [2.75, 3.05) is 32.8 Å². The quantitative estimate of drug-likeness (QED) is 0.374. The number of nitrogens with one attached hydrogen (secondary N) is 1. The number of unbranched alkanes of at least 4 members (excludes halogenated alkanes) is 1. The minimum Gasteiger partial charge on any atom is -0.486 e. The minimum atomic E-state index is -0.893. The Morgan fingerprint density at radius 3 is 2.40 bits per heavy atom. The van der Waals surface area contributed by atoms with Crippen LogP contribution in [0.25, 0.3) is 0 Å². The number of rotatable bonds is 11. The van der Waals surface area contributed by atoms with Crippen molar-refractivity contribution < 1.29 is 28.6 Å². The van der Waals surface area contributed by atoms with E-state index < -0.39 is 12.1 Å². The molecule has 0 spiro atoms. The fourth-order valence-electron chi connectivity index (χ4n) is 4.57. The van der Waals surface area contributed by atoms with Crippen LogP contribution in [-0.4, -0.2) is 60.6 Å². The van der Waals surface area contributed by atoms with Crippen LogP contribution in [0.1, 0.15) is 60.6 Å². The van der Waals surface area contributed by atoms with Gasteiger partial charge in [0.15, 0.2) is 17.3 Å². The lowest BCUT2D eigenvalue weighted by atomic mass is 10.00. The van der Waals surface area contributed by atoms with Gasteiger partial charge in [0.2, 0.25) is 5.91 Å². The Balaban J connectivity index is 1.31. The number of benzene rings is 2. The Morgan fingerprint density at radius 1 is 0.971 bits per heavy atom. The predicted molar refractivity (Wildman–Crippen MR) is 129 cm³/mol. The molecule has 35 heavy (non-hydrogen) atoms. The largest absolute Gasteiger partial charge is 0.486 e. The summed E-state index contributed by atoms with van der Waals surface area (Å²) in [5, 5.41) is 14.2. The number of nitrogens with zero attached hydrogens (tertiary/aromatic N) is 1. The Kier molecular flexibility index (Phi) is 8.71. The van der Waals surface area contributed by atoms with E-state index in [1.54, 1.807) is 12.1 Å². The van der Waals surface area contributed by atoms with Crippen molar-refractivity contribution in [2.24, 2.45) is 0 Å². The van der Waals surface area contributed by atoms with Gasteiger partial charge in [-0.3, -0.25) is 9.59 Å². The van der Waals surface area contributed by atoms with E-state index in [2.05, 4.69) is 10.2 Å². The molecule has 1 fully saturated rings. The van der Waals surface area contributed by atoms with Crippen LogP contribution >= 0.6 is 0 Å². The van der Waals surface area contributed by atoms with Crippen LogP contribution in [0.2, 0.25) is 0 Å². The summed E-state index contributed by atoms with van der Waals surface area (Å²) in [4.78, 5) is 27.2. The van der Waals surface area contributed by atoms with E-state index in [0.29, 0.717) is 61.6 Å². The number of likely N-dealkylation sites (tertiary alicyclic amines) is 1. The summed E-state index contributed by atoms with van der Waals surface area (Å²) in [7, 11) is 0. The monoisotopic (exact) mass is 484 g/mol. The molecule has 2 aromatic carbocycles. The molecule has 8 heteroatoms. The normalized spacial score (nSPS) is 17.1. The Hall–Kier alpha value is -2.97. The maximum absolute atomic E-state index is 13.0. The van der Waals surface area contributed by atoms with Crippen molar-refractivity contribution in [3.63, 3.8) is 0 Å². The van der Waals surface area contributed by atoms with E-state index in [0.717, 1.165) is 25.9 Å². The molecule has 2 aromatic rings. The van der Waals surface area contributed by atoms with Gasteiger partial charge in [-0.2, -0.15) is 0 Å². The molecule has 188 valence electrons. The van der Waals surface area contributed by atoms with Crippen LogP contribution in [-0.2, 0) is 4.79 Å². The molecule has 2 heterocycles. The third-order valence-corrected chi connectivity index (χ3v) is 6.51. The van der Waals surface area contributed by atoms with E-state index >= 15 is 0 Å². The number of ketones is 1. The molecule has 2 aliphatic rings. The number of amides is 1. The van der Waals surface area contributed by atoms with Crippen molar-refractivity contribution in [1.29, 1.82) is 0 Å². The first-order valence-electron chi connectivity index (χ1n) is 12.4. The predicted octanol–water partition coefficient (Wildman–Crippen LogP) is 3.65. The molecule has 7 nitrogen and oxygen atoms in total. The first-order valence-corrected chi connectivity index (χ1v) is 12.4. The minimum absolute atomic E-state index is 0.0636. The number of fused-ring (bicyclic) bond motifs is 1. The molecule has 1 amide bonds. The highest BCUT2D eigenvalue weighted by molar-refractivity contribution is 5.96. The SMILES string of the molecule is O=C(CCCCC(=O)c1ccc(F)cc1)N[C@H](CN1CCCC1)[C@H](O)c1ccc2c(c1)OCCO2. The third kappa shape index (κ3) is 7.02. The molecule has 0 aliphatic carbocycles. The lowest BCUT2D eigenvalue weighted by molar-refractivity contribution is -0.123. The van der Waals surface area contributed by atoms with Crippen LogP contribution in [0.3, 0.4) is 0 Å². The van der Waals surface area contributed by atoms with Crippen LogP contribution in [0, 0.1) is 5.82 Å².